The summed E-state index contributed by atoms with van der Waals surface area (Å²) in [4.78, 5) is 5.36. The summed E-state index contributed by atoms with van der Waals surface area (Å²) in [5.74, 6) is 0. The van der Waals surface area contributed by atoms with E-state index in [2.05, 4.69) is 223 Å². The number of hydrogen-bond acceptors (Lipinski definition) is 2. The van der Waals surface area contributed by atoms with Gasteiger partial charge in [0.15, 0.2) is 0 Å². The van der Waals surface area contributed by atoms with Crippen LogP contribution in [0.2, 0.25) is 0 Å². The molecule has 0 bridgehead atoms. The zero-order chi connectivity index (χ0) is 44.3. The van der Waals surface area contributed by atoms with E-state index in [0.717, 1.165) is 12.8 Å². The third kappa shape index (κ3) is 6.11. The predicted molar refractivity (Wildman–Crippen MR) is 269 cm³/mol. The molecular weight excluding hydrogens is 747 g/mol. The molecule has 316 valence electrons. The first-order valence-corrected chi connectivity index (χ1v) is 23.3. The maximum Gasteiger partial charge on any atom is 0.252 e. The zero-order valence-corrected chi connectivity index (χ0v) is 40.3. The summed E-state index contributed by atoms with van der Waals surface area (Å²) < 4.78 is 0. The lowest BCUT2D eigenvalue weighted by Gasteiger charge is -2.46. The van der Waals surface area contributed by atoms with Crippen molar-refractivity contribution >= 4 is 57.2 Å². The largest absolute Gasteiger partial charge is 0.311 e. The van der Waals surface area contributed by atoms with Crippen LogP contribution in [0.15, 0.2) is 109 Å². The van der Waals surface area contributed by atoms with Crippen molar-refractivity contribution in [3.63, 3.8) is 0 Å². The standard InChI is InChI=1S/C59H67BN2/c1-36-21-23-39(54(2,3)4)28-48(36)62-49-27-38(37-19-17-16-18-20-37)22-26-46(49)60-47-32-44-45(59(14,15)35-58(44,12)13)33-50(47)61(51-29-40(55(5,6)7)30-52(62)53(51)60)41-24-25-42-43(31-41)57(10,11)34-56(42,8)9/h16-33H,34-35H2,1-15H3. The molecule has 6 aromatic rings. The van der Waals surface area contributed by atoms with Crippen LogP contribution in [-0.2, 0) is 32.5 Å². The Kier molecular flexibility index (Phi) is 8.62. The van der Waals surface area contributed by atoms with E-state index in [0.29, 0.717) is 0 Å². The van der Waals surface area contributed by atoms with E-state index in [9.17, 15) is 0 Å². The normalized spacial score (nSPS) is 18.5. The maximum atomic E-state index is 2.70. The number of anilines is 6. The predicted octanol–water partition coefficient (Wildman–Crippen LogP) is 14.3. The molecule has 0 saturated heterocycles. The van der Waals surface area contributed by atoms with Crippen molar-refractivity contribution < 1.29 is 0 Å². The molecule has 2 aliphatic heterocycles. The molecule has 0 saturated carbocycles. The number of benzene rings is 6. The van der Waals surface area contributed by atoms with Gasteiger partial charge in [0.25, 0.3) is 6.71 Å². The minimum Gasteiger partial charge on any atom is -0.311 e. The van der Waals surface area contributed by atoms with Gasteiger partial charge in [0.05, 0.1) is 0 Å². The van der Waals surface area contributed by atoms with Crippen LogP contribution >= 0.6 is 0 Å². The number of fused-ring (bicyclic) bond motifs is 6. The molecule has 62 heavy (non-hydrogen) atoms. The smallest absolute Gasteiger partial charge is 0.252 e. The second-order valence-electron chi connectivity index (χ2n) is 24.2. The van der Waals surface area contributed by atoms with E-state index >= 15 is 0 Å². The first-order valence-electron chi connectivity index (χ1n) is 23.3. The van der Waals surface area contributed by atoms with E-state index in [-0.39, 0.29) is 39.2 Å². The fourth-order valence-electron chi connectivity index (χ4n) is 12.7. The fraction of sp³-hybridized carbons (Fsp3) is 0.390. The lowest BCUT2D eigenvalue weighted by Crippen LogP contribution is -2.61. The Hall–Kier alpha value is -5.02. The monoisotopic (exact) mass is 815 g/mol. The van der Waals surface area contributed by atoms with Crippen molar-refractivity contribution in [1.29, 1.82) is 0 Å². The molecule has 10 rings (SSSR count). The molecule has 4 aliphatic rings. The summed E-state index contributed by atoms with van der Waals surface area (Å²) >= 11 is 0. The van der Waals surface area contributed by atoms with Gasteiger partial charge in [-0.25, -0.2) is 0 Å². The van der Waals surface area contributed by atoms with Gasteiger partial charge in [-0.2, -0.15) is 0 Å². The number of hydrogen-bond donors (Lipinski definition) is 0. The lowest BCUT2D eigenvalue weighted by molar-refractivity contribution is 0.403. The fourth-order valence-corrected chi connectivity index (χ4v) is 12.7. The van der Waals surface area contributed by atoms with Gasteiger partial charge < -0.3 is 9.80 Å². The van der Waals surface area contributed by atoms with Crippen LogP contribution in [0.3, 0.4) is 0 Å². The SMILES string of the molecule is Cc1ccc(C(C)(C)C)cc1N1c2cc(-c3ccccc3)ccc2B2c3cc4c(cc3N(c3ccc5c(c3)C(C)(C)CC5(C)C)c3cc(C(C)(C)C)cc1c32)C(C)(C)CC4(C)C. The Morgan fingerprint density at radius 3 is 1.61 bits per heavy atom. The van der Waals surface area contributed by atoms with Crippen molar-refractivity contribution in [2.75, 3.05) is 9.80 Å². The first kappa shape index (κ1) is 41.0. The minimum absolute atomic E-state index is 0.00518. The van der Waals surface area contributed by atoms with Crippen molar-refractivity contribution in [2.24, 2.45) is 0 Å². The quantitative estimate of drug-likeness (QED) is 0.164. The molecule has 0 atom stereocenters. The number of nitrogens with zero attached hydrogens (tertiary/aromatic N) is 2. The van der Waals surface area contributed by atoms with Gasteiger partial charge >= 0.3 is 0 Å². The van der Waals surface area contributed by atoms with Crippen LogP contribution in [-0.4, -0.2) is 6.71 Å². The van der Waals surface area contributed by atoms with Gasteiger partial charge in [-0.05, 0) is 161 Å². The summed E-state index contributed by atoms with van der Waals surface area (Å²) in [5, 5.41) is 0. The third-order valence-electron chi connectivity index (χ3n) is 15.4. The highest BCUT2D eigenvalue weighted by molar-refractivity contribution is 7.00. The zero-order valence-electron chi connectivity index (χ0n) is 40.3. The average Bonchev–Trinajstić information content (AvgIpc) is 3.50. The van der Waals surface area contributed by atoms with Crippen molar-refractivity contribution in [2.45, 2.75) is 149 Å². The van der Waals surface area contributed by atoms with Gasteiger partial charge in [-0.1, -0.05) is 164 Å². The first-order chi connectivity index (χ1) is 28.9. The van der Waals surface area contributed by atoms with Crippen LogP contribution in [0, 0.1) is 6.92 Å². The summed E-state index contributed by atoms with van der Waals surface area (Å²) in [7, 11) is 0. The Balaban J connectivity index is 1.36. The average molecular weight is 815 g/mol. The van der Waals surface area contributed by atoms with E-state index < -0.39 is 0 Å². The molecule has 0 spiro atoms. The van der Waals surface area contributed by atoms with Gasteiger partial charge in [0.1, 0.15) is 0 Å². The molecule has 0 radical (unpaired) electrons. The van der Waals surface area contributed by atoms with Crippen LogP contribution in [0.25, 0.3) is 11.1 Å². The highest BCUT2D eigenvalue weighted by Gasteiger charge is 2.49. The van der Waals surface area contributed by atoms with Gasteiger partial charge in [0.2, 0.25) is 0 Å². The van der Waals surface area contributed by atoms with Crippen molar-refractivity contribution in [3.8, 4) is 11.1 Å². The minimum atomic E-state index is -0.0962. The molecule has 6 aromatic carbocycles. The molecule has 2 aliphatic carbocycles. The van der Waals surface area contributed by atoms with Crippen molar-refractivity contribution in [1.82, 2.24) is 0 Å². The molecule has 0 aromatic heterocycles. The van der Waals surface area contributed by atoms with E-state index in [4.69, 9.17) is 0 Å². The summed E-state index contributed by atoms with van der Waals surface area (Å²) in [6.45, 7) is 36.2. The van der Waals surface area contributed by atoms with Crippen LogP contribution < -0.4 is 26.2 Å². The van der Waals surface area contributed by atoms with E-state index in [1.165, 1.54) is 101 Å². The number of aryl methyl sites for hydroxylation is 1. The molecule has 0 amide bonds. The summed E-state index contributed by atoms with van der Waals surface area (Å²) in [5.41, 5.74) is 24.6. The molecule has 3 heteroatoms. The molecule has 0 unspecified atom stereocenters. The van der Waals surface area contributed by atoms with Gasteiger partial charge in [0, 0.05) is 34.1 Å². The second kappa shape index (κ2) is 13.0. The summed E-state index contributed by atoms with van der Waals surface area (Å²) in [6.07, 6.45) is 2.28. The van der Waals surface area contributed by atoms with Crippen LogP contribution in [0.4, 0.5) is 34.1 Å². The van der Waals surface area contributed by atoms with E-state index in [1.807, 2.05) is 0 Å². The van der Waals surface area contributed by atoms with Crippen LogP contribution in [0.1, 0.15) is 149 Å². The van der Waals surface area contributed by atoms with Gasteiger partial charge in [-0.15, -0.1) is 0 Å². The highest BCUT2D eigenvalue weighted by atomic mass is 15.2. The Labute approximate surface area is 373 Å². The maximum absolute atomic E-state index is 2.70. The number of rotatable bonds is 3. The summed E-state index contributed by atoms with van der Waals surface area (Å²) in [6, 6.07) is 43.4. The molecule has 2 heterocycles. The third-order valence-corrected chi connectivity index (χ3v) is 15.4. The Morgan fingerprint density at radius 2 is 0.984 bits per heavy atom. The molecule has 0 fully saturated rings. The topological polar surface area (TPSA) is 6.48 Å². The Bertz CT molecular complexity index is 2840. The highest BCUT2D eigenvalue weighted by Crippen LogP contribution is 2.55. The van der Waals surface area contributed by atoms with Crippen LogP contribution in [0.5, 0.6) is 0 Å². The van der Waals surface area contributed by atoms with Crippen molar-refractivity contribution in [3.05, 3.63) is 148 Å². The molecule has 2 nitrogen and oxygen atoms in total. The van der Waals surface area contributed by atoms with Gasteiger partial charge in [-0.3, -0.25) is 0 Å². The lowest BCUT2D eigenvalue weighted by atomic mass is 9.33. The second-order valence-corrected chi connectivity index (χ2v) is 24.2. The van der Waals surface area contributed by atoms with E-state index in [1.54, 1.807) is 0 Å². The molecule has 0 N–H and O–H groups in total. The molecular formula is C59H67BN2. The Morgan fingerprint density at radius 1 is 0.435 bits per heavy atom.